The van der Waals surface area contributed by atoms with Crippen LogP contribution in [0.25, 0.3) is 0 Å². The largest absolute Gasteiger partial charge is 0.381 e. The summed E-state index contributed by atoms with van der Waals surface area (Å²) in [5.41, 5.74) is 0. The number of hydrogen-bond donors (Lipinski definition) is 1. The van der Waals surface area contributed by atoms with Crippen molar-refractivity contribution in [2.24, 2.45) is 5.92 Å². The van der Waals surface area contributed by atoms with Crippen molar-refractivity contribution in [3.8, 4) is 0 Å². The minimum Gasteiger partial charge on any atom is -0.381 e. The molecule has 2 nitrogen and oxygen atoms in total. The summed E-state index contributed by atoms with van der Waals surface area (Å²) in [6.45, 7) is 5.06. The van der Waals surface area contributed by atoms with E-state index in [-0.39, 0.29) is 0 Å². The summed E-state index contributed by atoms with van der Waals surface area (Å²) in [6.07, 6.45) is 3.46. The second-order valence-electron chi connectivity index (χ2n) is 4.52. The molecule has 17 heavy (non-hydrogen) atoms. The molecule has 0 spiro atoms. The Hall–Kier alpha value is -0.0900. The van der Waals surface area contributed by atoms with E-state index in [1.54, 1.807) is 11.3 Å². The molecule has 0 saturated carbocycles. The first-order valence-electron chi connectivity index (χ1n) is 6.37. The molecule has 1 aromatic rings. The van der Waals surface area contributed by atoms with Crippen molar-refractivity contribution in [2.75, 3.05) is 19.8 Å². The van der Waals surface area contributed by atoms with Gasteiger partial charge >= 0.3 is 0 Å². The molecule has 96 valence electrons. The summed E-state index contributed by atoms with van der Waals surface area (Å²) in [5, 5.41) is 3.66. The van der Waals surface area contributed by atoms with Crippen LogP contribution in [0.5, 0.6) is 0 Å². The second kappa shape index (κ2) is 6.74. The second-order valence-corrected chi connectivity index (χ2v) is 6.27. The van der Waals surface area contributed by atoms with E-state index in [0.717, 1.165) is 36.9 Å². The van der Waals surface area contributed by atoms with Crippen molar-refractivity contribution in [2.45, 2.75) is 32.2 Å². The molecular weight excluding hydrogens is 254 g/mol. The number of ether oxygens (including phenoxy) is 1. The van der Waals surface area contributed by atoms with E-state index >= 15 is 0 Å². The summed E-state index contributed by atoms with van der Waals surface area (Å²) in [4.78, 5) is 1.37. The van der Waals surface area contributed by atoms with Crippen molar-refractivity contribution in [1.29, 1.82) is 0 Å². The van der Waals surface area contributed by atoms with Crippen LogP contribution in [-0.2, 0) is 4.74 Å². The van der Waals surface area contributed by atoms with Gasteiger partial charge in [-0.1, -0.05) is 18.5 Å². The van der Waals surface area contributed by atoms with Crippen molar-refractivity contribution in [3.63, 3.8) is 0 Å². The molecule has 0 aliphatic carbocycles. The van der Waals surface area contributed by atoms with Crippen molar-refractivity contribution in [1.82, 2.24) is 5.32 Å². The van der Waals surface area contributed by atoms with E-state index in [1.165, 1.54) is 11.3 Å². The molecule has 1 aliphatic rings. The van der Waals surface area contributed by atoms with Gasteiger partial charge in [-0.15, -0.1) is 11.3 Å². The highest BCUT2D eigenvalue weighted by Gasteiger charge is 2.25. The Morgan fingerprint density at radius 3 is 2.82 bits per heavy atom. The van der Waals surface area contributed by atoms with Gasteiger partial charge in [0.1, 0.15) is 0 Å². The van der Waals surface area contributed by atoms with Crippen molar-refractivity contribution in [3.05, 3.63) is 21.3 Å². The van der Waals surface area contributed by atoms with E-state index in [0.29, 0.717) is 12.0 Å². The highest BCUT2D eigenvalue weighted by Crippen LogP contribution is 2.35. The van der Waals surface area contributed by atoms with Gasteiger partial charge in [0.2, 0.25) is 0 Å². The molecule has 0 amide bonds. The first kappa shape index (κ1) is 13.3. The Morgan fingerprint density at radius 2 is 2.24 bits per heavy atom. The molecule has 4 heteroatoms. The number of rotatable bonds is 5. The predicted octanol–water partition coefficient (Wildman–Crippen LogP) is 3.87. The average molecular weight is 274 g/mol. The van der Waals surface area contributed by atoms with Gasteiger partial charge in [-0.3, -0.25) is 0 Å². The fourth-order valence-electron chi connectivity index (χ4n) is 2.34. The van der Waals surface area contributed by atoms with E-state index in [9.17, 15) is 0 Å². The first-order chi connectivity index (χ1) is 8.31. The third-order valence-electron chi connectivity index (χ3n) is 3.25. The summed E-state index contributed by atoms with van der Waals surface area (Å²) in [6, 6.07) is 4.62. The topological polar surface area (TPSA) is 21.3 Å². The van der Waals surface area contributed by atoms with Crippen LogP contribution < -0.4 is 5.32 Å². The summed E-state index contributed by atoms with van der Waals surface area (Å²) < 4.78 is 6.33. The molecular formula is C13H20ClNOS. The lowest BCUT2D eigenvalue weighted by molar-refractivity contribution is 0.0540. The normalized spacial score (nSPS) is 19.4. The van der Waals surface area contributed by atoms with Gasteiger partial charge < -0.3 is 10.1 Å². The number of hydrogen-bond acceptors (Lipinski definition) is 3. The minimum absolute atomic E-state index is 0.455. The maximum Gasteiger partial charge on any atom is 0.0931 e. The Morgan fingerprint density at radius 1 is 1.47 bits per heavy atom. The van der Waals surface area contributed by atoms with Crippen LogP contribution in [0.4, 0.5) is 0 Å². The highest BCUT2D eigenvalue weighted by molar-refractivity contribution is 7.16. The van der Waals surface area contributed by atoms with E-state index < -0.39 is 0 Å². The van der Waals surface area contributed by atoms with E-state index in [2.05, 4.69) is 18.3 Å². The molecule has 1 saturated heterocycles. The quantitative estimate of drug-likeness (QED) is 0.879. The minimum atomic E-state index is 0.455. The fourth-order valence-corrected chi connectivity index (χ4v) is 3.57. The zero-order valence-electron chi connectivity index (χ0n) is 10.2. The third kappa shape index (κ3) is 3.68. The maximum atomic E-state index is 6.04. The lowest BCUT2D eigenvalue weighted by Gasteiger charge is -2.30. The van der Waals surface area contributed by atoms with E-state index in [1.807, 2.05) is 6.07 Å². The van der Waals surface area contributed by atoms with Crippen LogP contribution in [0.2, 0.25) is 4.34 Å². The monoisotopic (exact) mass is 273 g/mol. The van der Waals surface area contributed by atoms with Gasteiger partial charge in [0, 0.05) is 24.1 Å². The summed E-state index contributed by atoms with van der Waals surface area (Å²) in [5.74, 6) is 0.685. The zero-order chi connectivity index (χ0) is 12.1. The Kier molecular flexibility index (Phi) is 5.29. The van der Waals surface area contributed by atoms with Crippen LogP contribution in [0.15, 0.2) is 12.1 Å². The van der Waals surface area contributed by atoms with Gasteiger partial charge in [-0.25, -0.2) is 0 Å². The lowest BCUT2D eigenvalue weighted by atomic mass is 9.90. The van der Waals surface area contributed by atoms with Crippen molar-refractivity contribution < 1.29 is 4.74 Å². The van der Waals surface area contributed by atoms with Crippen molar-refractivity contribution >= 4 is 22.9 Å². The molecule has 0 radical (unpaired) electrons. The smallest absolute Gasteiger partial charge is 0.0931 e. The summed E-state index contributed by atoms with van der Waals surface area (Å²) in [7, 11) is 0. The average Bonchev–Trinajstić information content (AvgIpc) is 2.78. The fraction of sp³-hybridized carbons (Fsp3) is 0.692. The predicted molar refractivity (Wildman–Crippen MR) is 73.9 cm³/mol. The number of nitrogens with one attached hydrogen (secondary N) is 1. The molecule has 0 bridgehead atoms. The molecule has 1 fully saturated rings. The Bertz CT molecular complexity index is 336. The first-order valence-corrected chi connectivity index (χ1v) is 7.57. The molecule has 0 aromatic carbocycles. The molecule has 2 heterocycles. The van der Waals surface area contributed by atoms with E-state index in [4.69, 9.17) is 16.3 Å². The number of halogens is 1. The van der Waals surface area contributed by atoms with Crippen LogP contribution in [-0.4, -0.2) is 19.8 Å². The van der Waals surface area contributed by atoms with Crippen LogP contribution in [0, 0.1) is 5.92 Å². The standard InChI is InChI=1S/C13H20ClNOS/c1-2-7-15-13(10-5-8-16-9-6-10)11-3-4-12(14)17-11/h3-4,10,13,15H,2,5-9H2,1H3. The molecule has 2 rings (SSSR count). The maximum absolute atomic E-state index is 6.04. The van der Waals surface area contributed by atoms with Gasteiger partial charge in [0.25, 0.3) is 0 Å². The van der Waals surface area contributed by atoms with Crippen LogP contribution in [0.3, 0.4) is 0 Å². The molecule has 1 unspecified atom stereocenters. The third-order valence-corrected chi connectivity index (χ3v) is 4.57. The van der Waals surface area contributed by atoms with Gasteiger partial charge in [-0.05, 0) is 43.9 Å². The SMILES string of the molecule is CCCNC(c1ccc(Cl)s1)C1CCOCC1. The highest BCUT2D eigenvalue weighted by atomic mass is 35.5. The molecule has 1 aliphatic heterocycles. The zero-order valence-corrected chi connectivity index (χ0v) is 11.8. The summed E-state index contributed by atoms with van der Waals surface area (Å²) >= 11 is 7.75. The molecule has 1 aromatic heterocycles. The van der Waals surface area contributed by atoms with Gasteiger partial charge in [0.15, 0.2) is 0 Å². The lowest BCUT2D eigenvalue weighted by Crippen LogP contribution is -2.32. The molecule has 1 atom stereocenters. The number of thiophene rings is 1. The Labute approximate surface area is 112 Å². The Balaban J connectivity index is 2.06. The van der Waals surface area contributed by atoms with Gasteiger partial charge in [-0.2, -0.15) is 0 Å². The van der Waals surface area contributed by atoms with Crippen LogP contribution in [0.1, 0.15) is 37.1 Å². The van der Waals surface area contributed by atoms with Gasteiger partial charge in [0.05, 0.1) is 4.34 Å². The van der Waals surface area contributed by atoms with Crippen LogP contribution >= 0.6 is 22.9 Å². The molecule has 1 N–H and O–H groups in total.